The van der Waals surface area contributed by atoms with E-state index in [-0.39, 0.29) is 0 Å². The van der Waals surface area contributed by atoms with Gasteiger partial charge in [-0.1, -0.05) is 91.9 Å². The van der Waals surface area contributed by atoms with E-state index in [1.165, 1.54) is 42.8 Å². The average molecular weight is 367 g/mol. The summed E-state index contributed by atoms with van der Waals surface area (Å²) in [6.45, 7) is 4.59. The van der Waals surface area contributed by atoms with Crippen LogP contribution in [0, 0.1) is 12.8 Å². The van der Waals surface area contributed by atoms with Crippen molar-refractivity contribution in [2.24, 2.45) is 5.92 Å². The molecule has 2 unspecified atom stereocenters. The van der Waals surface area contributed by atoms with E-state index in [1.54, 1.807) is 0 Å². The predicted octanol–water partition coefficient (Wildman–Crippen LogP) is 7.67. The molecule has 3 aromatic carbocycles. The number of rotatable bonds is 2. The van der Waals surface area contributed by atoms with Crippen molar-refractivity contribution in [1.29, 1.82) is 0 Å². The SMILES string of the molecule is Cc1ccccc1C1c2sc3c(-c4ccccc4)cccc3c2C=CC1C. The Morgan fingerprint density at radius 1 is 0.815 bits per heavy atom. The second-order valence-electron chi connectivity index (χ2n) is 7.48. The summed E-state index contributed by atoms with van der Waals surface area (Å²) in [6, 6.07) is 26.4. The van der Waals surface area contributed by atoms with Gasteiger partial charge in [-0.05, 0) is 40.7 Å². The van der Waals surface area contributed by atoms with Crippen molar-refractivity contribution in [3.8, 4) is 11.1 Å². The Morgan fingerprint density at radius 2 is 1.59 bits per heavy atom. The van der Waals surface area contributed by atoms with Gasteiger partial charge in [0.1, 0.15) is 0 Å². The van der Waals surface area contributed by atoms with E-state index in [4.69, 9.17) is 0 Å². The molecule has 1 heteroatoms. The Bertz CT molecular complexity index is 1150. The van der Waals surface area contributed by atoms with Crippen LogP contribution in [-0.2, 0) is 0 Å². The summed E-state index contributed by atoms with van der Waals surface area (Å²) < 4.78 is 1.41. The maximum atomic E-state index is 2.39. The predicted molar refractivity (Wildman–Crippen MR) is 118 cm³/mol. The van der Waals surface area contributed by atoms with Gasteiger partial charge in [0.05, 0.1) is 0 Å². The van der Waals surface area contributed by atoms with Gasteiger partial charge in [0, 0.05) is 20.9 Å². The van der Waals surface area contributed by atoms with Crippen LogP contribution in [0.15, 0.2) is 78.9 Å². The zero-order chi connectivity index (χ0) is 18.4. The van der Waals surface area contributed by atoms with Crippen LogP contribution < -0.4 is 0 Å². The van der Waals surface area contributed by atoms with Gasteiger partial charge in [0.25, 0.3) is 0 Å². The molecule has 2 atom stereocenters. The zero-order valence-electron chi connectivity index (χ0n) is 15.6. The number of thiophene rings is 1. The third kappa shape index (κ3) is 2.65. The highest BCUT2D eigenvalue weighted by Crippen LogP contribution is 2.49. The van der Waals surface area contributed by atoms with Crippen molar-refractivity contribution < 1.29 is 0 Å². The number of benzene rings is 3. The van der Waals surface area contributed by atoms with Crippen LogP contribution in [0.4, 0.5) is 0 Å². The van der Waals surface area contributed by atoms with E-state index in [0.717, 1.165) is 0 Å². The van der Waals surface area contributed by atoms with E-state index in [2.05, 4.69) is 98.8 Å². The molecule has 0 spiro atoms. The first-order valence-corrected chi connectivity index (χ1v) is 10.4. The second kappa shape index (κ2) is 6.51. The molecule has 0 radical (unpaired) electrons. The lowest BCUT2D eigenvalue weighted by Gasteiger charge is -2.27. The Morgan fingerprint density at radius 3 is 2.41 bits per heavy atom. The molecule has 0 aliphatic heterocycles. The van der Waals surface area contributed by atoms with Gasteiger partial charge in [-0.25, -0.2) is 0 Å². The number of allylic oxidation sites excluding steroid dienone is 1. The topological polar surface area (TPSA) is 0 Å². The molecule has 0 saturated heterocycles. The van der Waals surface area contributed by atoms with E-state index >= 15 is 0 Å². The van der Waals surface area contributed by atoms with Crippen molar-refractivity contribution in [3.05, 3.63) is 100 Å². The molecule has 0 N–H and O–H groups in total. The molecule has 0 fully saturated rings. The van der Waals surface area contributed by atoms with Crippen molar-refractivity contribution in [1.82, 2.24) is 0 Å². The molecule has 1 heterocycles. The molecular weight excluding hydrogens is 344 g/mol. The maximum absolute atomic E-state index is 2.39. The number of fused-ring (bicyclic) bond motifs is 3. The summed E-state index contributed by atoms with van der Waals surface area (Å²) >= 11 is 1.99. The van der Waals surface area contributed by atoms with Gasteiger partial charge >= 0.3 is 0 Å². The molecule has 1 aliphatic rings. The number of hydrogen-bond donors (Lipinski definition) is 0. The fourth-order valence-corrected chi connectivity index (χ4v) is 5.92. The third-order valence-corrected chi connectivity index (χ3v) is 7.10. The van der Waals surface area contributed by atoms with E-state index in [1.807, 2.05) is 11.3 Å². The van der Waals surface area contributed by atoms with Crippen LogP contribution in [0.1, 0.15) is 34.4 Å². The monoisotopic (exact) mass is 366 g/mol. The Balaban J connectivity index is 1.77. The summed E-state index contributed by atoms with van der Waals surface area (Å²) in [5.74, 6) is 0.944. The molecule has 132 valence electrons. The van der Waals surface area contributed by atoms with Crippen molar-refractivity contribution >= 4 is 27.5 Å². The lowest BCUT2D eigenvalue weighted by atomic mass is 9.79. The number of aryl methyl sites for hydroxylation is 1. The molecule has 27 heavy (non-hydrogen) atoms. The molecule has 0 bridgehead atoms. The zero-order valence-corrected chi connectivity index (χ0v) is 16.5. The first-order chi connectivity index (χ1) is 13.2. The fraction of sp³-hybridized carbons (Fsp3) is 0.154. The lowest BCUT2D eigenvalue weighted by Crippen LogP contribution is -2.13. The average Bonchev–Trinajstić information content (AvgIpc) is 3.08. The van der Waals surface area contributed by atoms with Gasteiger partial charge in [-0.2, -0.15) is 0 Å². The Kier molecular flexibility index (Phi) is 3.98. The van der Waals surface area contributed by atoms with Gasteiger partial charge in [-0.3, -0.25) is 0 Å². The summed E-state index contributed by atoms with van der Waals surface area (Å²) in [5.41, 5.74) is 6.90. The maximum Gasteiger partial charge on any atom is 0.0430 e. The van der Waals surface area contributed by atoms with Crippen molar-refractivity contribution in [2.75, 3.05) is 0 Å². The first kappa shape index (κ1) is 16.5. The van der Waals surface area contributed by atoms with Crippen LogP contribution in [0.2, 0.25) is 0 Å². The highest BCUT2D eigenvalue weighted by Gasteiger charge is 2.29. The van der Waals surface area contributed by atoms with Gasteiger partial charge in [0.2, 0.25) is 0 Å². The summed E-state index contributed by atoms with van der Waals surface area (Å²) in [6.07, 6.45) is 4.74. The van der Waals surface area contributed by atoms with E-state index in [9.17, 15) is 0 Å². The first-order valence-electron chi connectivity index (χ1n) is 9.58. The molecular formula is C26H22S. The van der Waals surface area contributed by atoms with Crippen molar-refractivity contribution in [3.63, 3.8) is 0 Å². The highest BCUT2D eigenvalue weighted by atomic mass is 32.1. The minimum absolute atomic E-state index is 0.437. The van der Waals surface area contributed by atoms with Gasteiger partial charge in [0.15, 0.2) is 0 Å². The Hall–Kier alpha value is -2.64. The molecule has 0 saturated carbocycles. The summed E-state index contributed by atoms with van der Waals surface area (Å²) in [5, 5.41) is 1.39. The minimum atomic E-state index is 0.437. The summed E-state index contributed by atoms with van der Waals surface area (Å²) in [7, 11) is 0. The normalized spacial score (nSPS) is 18.6. The summed E-state index contributed by atoms with van der Waals surface area (Å²) in [4.78, 5) is 1.51. The second-order valence-corrected chi connectivity index (χ2v) is 8.53. The molecule has 1 aromatic heterocycles. The highest BCUT2D eigenvalue weighted by molar-refractivity contribution is 7.20. The van der Waals surface area contributed by atoms with Gasteiger partial charge in [-0.15, -0.1) is 11.3 Å². The van der Waals surface area contributed by atoms with Crippen molar-refractivity contribution in [2.45, 2.75) is 19.8 Å². The largest absolute Gasteiger partial charge is 0.138 e. The van der Waals surface area contributed by atoms with E-state index < -0.39 is 0 Å². The third-order valence-electron chi connectivity index (χ3n) is 5.77. The fourth-order valence-electron chi connectivity index (χ4n) is 4.36. The molecule has 5 rings (SSSR count). The van der Waals surface area contributed by atoms with Crippen LogP contribution in [0.5, 0.6) is 0 Å². The number of hydrogen-bond acceptors (Lipinski definition) is 1. The smallest absolute Gasteiger partial charge is 0.0430 e. The lowest BCUT2D eigenvalue weighted by molar-refractivity contribution is 0.626. The molecule has 1 aliphatic carbocycles. The standard InChI is InChI=1S/C26H22S/c1-17-9-6-7-12-20(17)24-18(2)15-16-23-22-14-8-13-21(25(22)27-26(23)24)19-10-4-3-5-11-19/h3-16,18,24H,1-2H3. The molecule has 0 nitrogen and oxygen atoms in total. The van der Waals surface area contributed by atoms with Crippen LogP contribution in [0.3, 0.4) is 0 Å². The van der Waals surface area contributed by atoms with E-state index in [0.29, 0.717) is 11.8 Å². The quantitative estimate of drug-likeness (QED) is 0.341. The minimum Gasteiger partial charge on any atom is -0.138 e. The van der Waals surface area contributed by atoms with Crippen LogP contribution in [-0.4, -0.2) is 0 Å². The van der Waals surface area contributed by atoms with Crippen LogP contribution >= 0.6 is 11.3 Å². The molecule has 4 aromatic rings. The van der Waals surface area contributed by atoms with Crippen LogP contribution in [0.25, 0.3) is 27.3 Å². The Labute approximate surface area is 164 Å². The van der Waals surface area contributed by atoms with Gasteiger partial charge < -0.3 is 0 Å². The molecule has 0 amide bonds.